The van der Waals surface area contributed by atoms with Gasteiger partial charge in [0, 0.05) is 25.5 Å². The van der Waals surface area contributed by atoms with E-state index in [1.165, 1.54) is 5.56 Å². The van der Waals surface area contributed by atoms with Crippen LogP contribution in [0.15, 0.2) is 48.8 Å². The van der Waals surface area contributed by atoms with Crippen molar-refractivity contribution >= 4 is 6.08 Å². The molecule has 1 unspecified atom stereocenters. The number of hydrogen-bond donors (Lipinski definition) is 1. The van der Waals surface area contributed by atoms with Gasteiger partial charge in [0.15, 0.2) is 0 Å². The summed E-state index contributed by atoms with van der Waals surface area (Å²) < 4.78 is 5.43. The van der Waals surface area contributed by atoms with E-state index in [1.54, 1.807) is 6.20 Å². The molecule has 1 aliphatic rings. The van der Waals surface area contributed by atoms with Crippen LogP contribution >= 0.6 is 0 Å². The van der Waals surface area contributed by atoms with Crippen LogP contribution in [-0.4, -0.2) is 41.2 Å². The summed E-state index contributed by atoms with van der Waals surface area (Å²) in [4.78, 5) is 10.0. The Morgan fingerprint density at radius 2 is 2.00 bits per heavy atom. The quantitative estimate of drug-likeness (QED) is 0.927. The second-order valence-corrected chi connectivity index (χ2v) is 4.84. The predicted molar refractivity (Wildman–Crippen MR) is 79.2 cm³/mol. The van der Waals surface area contributed by atoms with Gasteiger partial charge in [-0.1, -0.05) is 42.5 Å². The highest BCUT2D eigenvalue weighted by Crippen LogP contribution is 2.21. The molecule has 3 rings (SSSR count). The van der Waals surface area contributed by atoms with Crippen LogP contribution in [0.2, 0.25) is 0 Å². The third-order valence-electron chi connectivity index (χ3n) is 3.51. The van der Waals surface area contributed by atoms with Gasteiger partial charge in [-0.25, -0.2) is 4.98 Å². The van der Waals surface area contributed by atoms with Crippen LogP contribution in [0.1, 0.15) is 17.4 Å². The number of rotatable bonds is 4. The second-order valence-electron chi connectivity index (χ2n) is 4.84. The van der Waals surface area contributed by atoms with Crippen molar-refractivity contribution < 1.29 is 4.74 Å². The zero-order valence-electron chi connectivity index (χ0n) is 11.4. The first-order chi connectivity index (χ1) is 9.93. The van der Waals surface area contributed by atoms with E-state index in [0.717, 1.165) is 32.1 Å². The van der Waals surface area contributed by atoms with Gasteiger partial charge in [-0.05, 0) is 5.56 Å². The van der Waals surface area contributed by atoms with Crippen LogP contribution < -0.4 is 0 Å². The molecule has 1 aliphatic heterocycles. The number of imidazole rings is 1. The lowest BCUT2D eigenvalue weighted by molar-refractivity contribution is 0.0241. The van der Waals surface area contributed by atoms with E-state index in [0.29, 0.717) is 0 Å². The highest BCUT2D eigenvalue weighted by Gasteiger charge is 2.21. The van der Waals surface area contributed by atoms with Gasteiger partial charge in [0.25, 0.3) is 0 Å². The molecule has 0 radical (unpaired) electrons. The Balaban J connectivity index is 1.80. The Kier molecular flexibility index (Phi) is 4.25. The van der Waals surface area contributed by atoms with Crippen LogP contribution in [0.3, 0.4) is 0 Å². The molecule has 0 saturated carbocycles. The van der Waals surface area contributed by atoms with Gasteiger partial charge in [-0.2, -0.15) is 0 Å². The number of benzene rings is 1. The molecular formula is C16H19N3O. The fraction of sp³-hybridized carbons (Fsp3) is 0.312. The number of aromatic amines is 1. The van der Waals surface area contributed by atoms with E-state index < -0.39 is 0 Å². The third-order valence-corrected chi connectivity index (χ3v) is 3.51. The molecule has 1 fully saturated rings. The predicted octanol–water partition coefficient (Wildman–Crippen LogP) is 2.50. The van der Waals surface area contributed by atoms with E-state index in [4.69, 9.17) is 4.74 Å². The molecule has 0 bridgehead atoms. The van der Waals surface area contributed by atoms with Gasteiger partial charge < -0.3 is 9.72 Å². The molecule has 4 heteroatoms. The molecule has 104 valence electrons. The van der Waals surface area contributed by atoms with Crippen LogP contribution in [0.4, 0.5) is 0 Å². The Bertz CT molecular complexity index is 530. The van der Waals surface area contributed by atoms with Crippen molar-refractivity contribution in [2.24, 2.45) is 0 Å². The van der Waals surface area contributed by atoms with Crippen molar-refractivity contribution in [2.75, 3.05) is 26.3 Å². The molecule has 1 aromatic heterocycles. The second kappa shape index (κ2) is 6.50. The van der Waals surface area contributed by atoms with Gasteiger partial charge in [0.1, 0.15) is 5.82 Å². The van der Waals surface area contributed by atoms with Crippen molar-refractivity contribution in [3.05, 3.63) is 60.2 Å². The Morgan fingerprint density at radius 1 is 1.20 bits per heavy atom. The zero-order chi connectivity index (χ0) is 13.6. The lowest BCUT2D eigenvalue weighted by atomic mass is 10.1. The Labute approximate surface area is 119 Å². The van der Waals surface area contributed by atoms with E-state index in [2.05, 4.69) is 51.3 Å². The topological polar surface area (TPSA) is 41.2 Å². The van der Waals surface area contributed by atoms with E-state index in [9.17, 15) is 0 Å². The number of morpholine rings is 1. The summed E-state index contributed by atoms with van der Waals surface area (Å²) in [5.74, 6) is 0.985. The molecule has 1 N–H and O–H groups in total. The summed E-state index contributed by atoms with van der Waals surface area (Å²) >= 11 is 0. The maximum absolute atomic E-state index is 5.43. The van der Waals surface area contributed by atoms with Crippen LogP contribution in [-0.2, 0) is 4.74 Å². The summed E-state index contributed by atoms with van der Waals surface area (Å²) in [5.41, 5.74) is 1.21. The standard InChI is InChI=1S/C16H19N3O/c1-2-4-14(5-3-1)6-7-15(16-17-8-9-18-16)19-10-12-20-13-11-19/h1-9,15H,10-13H2,(H,17,18)/b7-6+. The molecule has 1 aromatic carbocycles. The number of nitrogens with one attached hydrogen (secondary N) is 1. The normalized spacial score (nSPS) is 18.4. The number of ether oxygens (including phenoxy) is 1. The summed E-state index contributed by atoms with van der Waals surface area (Å²) in [7, 11) is 0. The highest BCUT2D eigenvalue weighted by atomic mass is 16.5. The third kappa shape index (κ3) is 3.15. The van der Waals surface area contributed by atoms with Crippen LogP contribution in [0.25, 0.3) is 6.08 Å². The van der Waals surface area contributed by atoms with Gasteiger partial charge in [-0.3, -0.25) is 4.90 Å². The SMILES string of the molecule is C(=C\C(c1ncc[nH]1)N1CCOCC1)/c1ccccc1. The Hall–Kier alpha value is -1.91. The van der Waals surface area contributed by atoms with Crippen LogP contribution in [0, 0.1) is 0 Å². The smallest absolute Gasteiger partial charge is 0.127 e. The minimum atomic E-state index is 0.175. The number of nitrogens with zero attached hydrogens (tertiary/aromatic N) is 2. The van der Waals surface area contributed by atoms with Gasteiger partial charge in [0.2, 0.25) is 0 Å². The number of aromatic nitrogens is 2. The molecule has 2 aromatic rings. The first-order valence-corrected chi connectivity index (χ1v) is 6.98. The van der Waals surface area contributed by atoms with E-state index >= 15 is 0 Å². The monoisotopic (exact) mass is 269 g/mol. The highest BCUT2D eigenvalue weighted by molar-refractivity contribution is 5.49. The molecule has 1 atom stereocenters. The molecule has 2 heterocycles. The first-order valence-electron chi connectivity index (χ1n) is 6.98. The summed E-state index contributed by atoms with van der Waals surface area (Å²) in [5, 5.41) is 0. The van der Waals surface area contributed by atoms with Crippen molar-refractivity contribution in [2.45, 2.75) is 6.04 Å². The van der Waals surface area contributed by atoms with E-state index in [-0.39, 0.29) is 6.04 Å². The van der Waals surface area contributed by atoms with Crippen molar-refractivity contribution in [3.8, 4) is 0 Å². The molecule has 0 amide bonds. The molecule has 20 heavy (non-hydrogen) atoms. The molecule has 1 saturated heterocycles. The summed E-state index contributed by atoms with van der Waals surface area (Å²) in [6.07, 6.45) is 8.04. The van der Waals surface area contributed by atoms with Gasteiger partial charge >= 0.3 is 0 Å². The van der Waals surface area contributed by atoms with E-state index in [1.807, 2.05) is 12.3 Å². The Morgan fingerprint density at radius 3 is 2.70 bits per heavy atom. The van der Waals surface area contributed by atoms with Gasteiger partial charge in [-0.15, -0.1) is 0 Å². The first kappa shape index (κ1) is 13.1. The average molecular weight is 269 g/mol. The molecule has 0 aliphatic carbocycles. The molecular weight excluding hydrogens is 250 g/mol. The van der Waals surface area contributed by atoms with Crippen molar-refractivity contribution in [3.63, 3.8) is 0 Å². The maximum atomic E-state index is 5.43. The summed E-state index contributed by atoms with van der Waals surface area (Å²) in [6.45, 7) is 3.45. The minimum absolute atomic E-state index is 0.175. The zero-order valence-corrected chi connectivity index (χ0v) is 11.4. The summed E-state index contributed by atoms with van der Waals surface area (Å²) in [6, 6.07) is 10.5. The largest absolute Gasteiger partial charge is 0.379 e. The average Bonchev–Trinajstić information content (AvgIpc) is 3.04. The van der Waals surface area contributed by atoms with Crippen LogP contribution in [0.5, 0.6) is 0 Å². The lowest BCUT2D eigenvalue weighted by Gasteiger charge is -2.31. The van der Waals surface area contributed by atoms with Gasteiger partial charge in [0.05, 0.1) is 19.3 Å². The molecule has 4 nitrogen and oxygen atoms in total. The fourth-order valence-electron chi connectivity index (χ4n) is 2.45. The minimum Gasteiger partial charge on any atom is -0.379 e. The molecule has 0 spiro atoms. The van der Waals surface area contributed by atoms with Crippen molar-refractivity contribution in [1.29, 1.82) is 0 Å². The number of H-pyrrole nitrogens is 1. The van der Waals surface area contributed by atoms with Crippen molar-refractivity contribution in [1.82, 2.24) is 14.9 Å². The fourth-order valence-corrected chi connectivity index (χ4v) is 2.45. The maximum Gasteiger partial charge on any atom is 0.127 e. The lowest BCUT2D eigenvalue weighted by Crippen LogP contribution is -2.38. The number of hydrogen-bond acceptors (Lipinski definition) is 3.